The molecule has 3 aliphatic heterocycles. The lowest BCUT2D eigenvalue weighted by Gasteiger charge is -2.45. The van der Waals surface area contributed by atoms with Crippen molar-refractivity contribution in [2.75, 3.05) is 75.5 Å². The summed E-state index contributed by atoms with van der Waals surface area (Å²) in [5.41, 5.74) is -2.60. The smallest absolute Gasteiger partial charge is 0.349 e. The van der Waals surface area contributed by atoms with E-state index in [1.165, 1.54) is 90.6 Å². The number of nitrogens with one attached hydrogen (secondary N) is 3. The number of rotatable bonds is 13. The van der Waals surface area contributed by atoms with Gasteiger partial charge >= 0.3 is 6.18 Å². The Hall–Kier alpha value is -8.27. The third-order valence-electron chi connectivity index (χ3n) is 21.7. The SMILES string of the molecule is CC[C@H](C)[C@@H]1NC(=O)[C@H](CC(C)C)N(C)C(=O)[C@H](CC(=O)N(C)C)N(C)C(=O)[C@H](C2CCCC2)N(C)C(=O)C2(CCCC2)NC(=O)[C@@H]2CCCN2C(=O)[C@H](CCc2cc(F)c(C(F)(F)F)c(F)c2)NC(=O)CN(C)C(=O)[C@H](Cc2ccc(C)cc2)N(CC)C(=O)[C@@H]2CCN2C(=O)[C@H](C)N(C)C1=O. The molecule has 24 nitrogen and oxygen atoms in total. The van der Waals surface area contributed by atoms with Gasteiger partial charge in [-0.15, -0.1) is 0 Å². The molecule has 0 aromatic heterocycles. The number of benzene rings is 2. The summed E-state index contributed by atoms with van der Waals surface area (Å²) >= 11 is 0. The molecule has 5 fully saturated rings. The van der Waals surface area contributed by atoms with E-state index in [1.807, 2.05) is 39.8 Å². The van der Waals surface area contributed by atoms with Crippen LogP contribution in [0.2, 0.25) is 0 Å². The Balaban J connectivity index is 1.33. The first-order chi connectivity index (χ1) is 47.9. The van der Waals surface area contributed by atoms with E-state index in [1.54, 1.807) is 26.0 Å². The minimum absolute atomic E-state index is 0.0442. The Morgan fingerprint density at radius 2 is 1.25 bits per heavy atom. The lowest BCUT2D eigenvalue weighted by Crippen LogP contribution is -2.65. The number of hydrogen-bond acceptors (Lipinski definition) is 12. The fourth-order valence-electron chi connectivity index (χ4n) is 15.0. The van der Waals surface area contributed by atoms with Crippen LogP contribution in [0.1, 0.15) is 160 Å². The summed E-state index contributed by atoms with van der Waals surface area (Å²) in [4.78, 5) is 191. The van der Waals surface area contributed by atoms with Crippen LogP contribution >= 0.6 is 0 Å². The average molecular weight is 1440 g/mol. The highest BCUT2D eigenvalue weighted by atomic mass is 19.4. The monoisotopic (exact) mass is 1440 g/mol. The van der Waals surface area contributed by atoms with Gasteiger partial charge in [-0.3, -0.25) is 57.5 Å². The second kappa shape index (κ2) is 34.3. The lowest BCUT2D eigenvalue weighted by molar-refractivity contribution is -0.161. The maximum absolute atomic E-state index is 15.7. The molecule has 3 N–H and O–H groups in total. The quantitative estimate of drug-likeness (QED) is 0.218. The van der Waals surface area contributed by atoms with Crippen molar-refractivity contribution in [3.8, 4) is 0 Å². The van der Waals surface area contributed by atoms with Crippen molar-refractivity contribution in [3.05, 3.63) is 70.3 Å². The predicted molar refractivity (Wildman–Crippen MR) is 368 cm³/mol. The zero-order valence-electron chi connectivity index (χ0n) is 61.6. The first kappa shape index (κ1) is 81.0. The molecule has 0 unspecified atom stereocenters. The summed E-state index contributed by atoms with van der Waals surface area (Å²) in [6, 6.07) is -3.94. The van der Waals surface area contributed by atoms with Crippen molar-refractivity contribution >= 4 is 70.9 Å². The fraction of sp³-hybridized carbons (Fsp3) is 0.671. The van der Waals surface area contributed by atoms with E-state index < -0.39 is 192 Å². The molecular formula is C73H105F5N12O12. The highest BCUT2D eigenvalue weighted by Gasteiger charge is 2.52. The fourth-order valence-corrected chi connectivity index (χ4v) is 15.0. The summed E-state index contributed by atoms with van der Waals surface area (Å²) in [5.74, 6) is -13.8. The molecule has 2 saturated carbocycles. The first-order valence-corrected chi connectivity index (χ1v) is 35.9. The van der Waals surface area contributed by atoms with Gasteiger partial charge in [-0.05, 0) is 126 Å². The van der Waals surface area contributed by atoms with Crippen LogP contribution < -0.4 is 16.0 Å². The standard InChI is InChI=1S/C73H105F5N12O12/c1-15-44(6)60-69(100)84(11)45(7)64(95)90-35-31-53(90)68(99)88(16-2)56(39-46-27-25-43(5)26-28-46)66(97)83(10)41-57(91)79-51(30-29-47-37-49(74)59(50(75)38-47)73(76,77)78)65(96)89-34-21-24-52(89)63(94)81-72(32-19-20-33-72)71(102)87(14)61(48-22-17-18-23-48)70(101)86(13)55(40-58(92)82(8)9)67(98)85(12)54(36-42(3)4)62(93)80-60/h25-28,37-38,42,44-45,48,51-56,60-61H,15-24,29-36,39-41H2,1-14H3,(H,79,91)(H,80,93)(H,81,94)/t44-,45-,51-,52-,53-,54-,55-,56-,60-,61-/m0/s1. The highest BCUT2D eigenvalue weighted by molar-refractivity contribution is 6.01. The summed E-state index contributed by atoms with van der Waals surface area (Å²) in [7, 11) is 9.83. The summed E-state index contributed by atoms with van der Waals surface area (Å²) < 4.78 is 71.5. The first-order valence-electron chi connectivity index (χ1n) is 35.9. The van der Waals surface area contributed by atoms with Gasteiger partial charge in [0.1, 0.15) is 77.1 Å². The van der Waals surface area contributed by atoms with Gasteiger partial charge in [0.25, 0.3) is 0 Å². The molecule has 3 heterocycles. The molecule has 5 aliphatic rings. The molecule has 102 heavy (non-hydrogen) atoms. The molecule has 2 aliphatic carbocycles. The molecule has 564 valence electrons. The molecule has 3 saturated heterocycles. The van der Waals surface area contributed by atoms with Gasteiger partial charge in [-0.1, -0.05) is 89.6 Å². The van der Waals surface area contributed by atoms with Crippen LogP contribution in [-0.2, 0) is 76.6 Å². The molecule has 1 spiro atoms. The van der Waals surface area contributed by atoms with E-state index in [-0.39, 0.29) is 76.1 Å². The number of alkyl halides is 3. The molecule has 2 aromatic rings. The number of nitrogens with zero attached hydrogens (tertiary/aromatic N) is 9. The third-order valence-corrected chi connectivity index (χ3v) is 21.7. The van der Waals surface area contributed by atoms with Crippen LogP contribution in [0.25, 0.3) is 0 Å². The average Bonchev–Trinajstić information content (AvgIpc) is 1.09. The molecule has 0 bridgehead atoms. The minimum Gasteiger partial charge on any atom is -0.349 e. The highest BCUT2D eigenvalue weighted by Crippen LogP contribution is 2.38. The Kier molecular flexibility index (Phi) is 27.3. The second-order valence-corrected chi connectivity index (χ2v) is 29.4. The zero-order chi connectivity index (χ0) is 75.7. The van der Waals surface area contributed by atoms with Gasteiger partial charge in [0.15, 0.2) is 0 Å². The van der Waals surface area contributed by atoms with Gasteiger partial charge < -0.3 is 60.0 Å². The number of aryl methyl sites for hydroxylation is 2. The van der Waals surface area contributed by atoms with E-state index in [9.17, 15) is 32.3 Å². The number of hydrogen-bond donors (Lipinski definition) is 3. The van der Waals surface area contributed by atoms with Gasteiger partial charge in [0.2, 0.25) is 70.9 Å². The van der Waals surface area contributed by atoms with E-state index in [0.717, 1.165) is 15.4 Å². The Morgan fingerprint density at radius 3 is 1.79 bits per heavy atom. The van der Waals surface area contributed by atoms with Gasteiger partial charge in [0, 0.05) is 75.4 Å². The number of amides is 12. The van der Waals surface area contributed by atoms with Gasteiger partial charge in [-0.25, -0.2) is 8.78 Å². The molecule has 29 heteroatoms. The minimum atomic E-state index is -5.40. The van der Waals surface area contributed by atoms with Crippen LogP contribution in [-0.4, -0.2) is 250 Å². The van der Waals surface area contributed by atoms with Gasteiger partial charge in [0.05, 0.1) is 13.0 Å². The number of halogens is 5. The van der Waals surface area contributed by atoms with E-state index in [4.69, 9.17) is 0 Å². The summed E-state index contributed by atoms with van der Waals surface area (Å²) in [6.45, 7) is 11.4. The van der Waals surface area contributed by atoms with Crippen LogP contribution in [0.5, 0.6) is 0 Å². The third kappa shape index (κ3) is 18.4. The molecule has 7 rings (SSSR count). The summed E-state index contributed by atoms with van der Waals surface area (Å²) in [6.07, 6.45) is -2.72. The Morgan fingerprint density at radius 1 is 0.647 bits per heavy atom. The largest absolute Gasteiger partial charge is 0.422 e. The van der Waals surface area contributed by atoms with Crippen molar-refractivity contribution in [1.82, 2.24) is 60.0 Å². The lowest BCUT2D eigenvalue weighted by atomic mass is 9.90. The van der Waals surface area contributed by atoms with Crippen molar-refractivity contribution in [3.63, 3.8) is 0 Å². The van der Waals surface area contributed by atoms with Crippen LogP contribution in [0.4, 0.5) is 22.0 Å². The van der Waals surface area contributed by atoms with Crippen molar-refractivity contribution < 1.29 is 79.5 Å². The summed E-state index contributed by atoms with van der Waals surface area (Å²) in [5, 5.41) is 8.53. The maximum atomic E-state index is 15.7. The zero-order valence-corrected chi connectivity index (χ0v) is 61.6. The van der Waals surface area contributed by atoms with Gasteiger partial charge in [-0.2, -0.15) is 13.2 Å². The molecule has 12 amide bonds. The van der Waals surface area contributed by atoms with Crippen LogP contribution in [0.15, 0.2) is 36.4 Å². The van der Waals surface area contributed by atoms with Crippen molar-refractivity contribution in [2.45, 2.75) is 224 Å². The molecule has 0 radical (unpaired) electrons. The second-order valence-electron chi connectivity index (χ2n) is 29.4. The Bertz CT molecular complexity index is 3410. The normalized spacial score (nSPS) is 26.2. The predicted octanol–water partition coefficient (Wildman–Crippen LogP) is 5.24. The van der Waals surface area contributed by atoms with Crippen molar-refractivity contribution in [2.24, 2.45) is 17.8 Å². The number of likely N-dealkylation sites (N-methyl/N-ethyl adjacent to an activating group) is 6. The molecule has 2 aromatic carbocycles. The molecular weight excluding hydrogens is 1330 g/mol. The van der Waals surface area contributed by atoms with E-state index >= 15 is 47.1 Å². The number of fused-ring (bicyclic) bond motifs is 2. The van der Waals surface area contributed by atoms with Crippen LogP contribution in [0.3, 0.4) is 0 Å². The van der Waals surface area contributed by atoms with E-state index in [0.29, 0.717) is 62.6 Å². The number of carbonyl (C=O) groups excluding carboxylic acids is 12. The maximum Gasteiger partial charge on any atom is 0.422 e. The molecule has 10 atom stereocenters. The topological polar surface area (TPSA) is 270 Å². The van der Waals surface area contributed by atoms with Crippen molar-refractivity contribution in [1.29, 1.82) is 0 Å². The van der Waals surface area contributed by atoms with Crippen LogP contribution in [0, 0.1) is 36.3 Å². The van der Waals surface area contributed by atoms with E-state index in [2.05, 4.69) is 16.0 Å². The Labute approximate surface area is 595 Å². The number of carbonyl (C=O) groups is 12.